The van der Waals surface area contributed by atoms with E-state index in [0.717, 1.165) is 6.54 Å². The lowest BCUT2D eigenvalue weighted by molar-refractivity contribution is -0.660. The number of aromatic nitrogens is 1. The van der Waals surface area contributed by atoms with Crippen LogP contribution in [-0.4, -0.2) is 0 Å². The van der Waals surface area contributed by atoms with Gasteiger partial charge in [-0.1, -0.05) is 72.8 Å². The van der Waals surface area contributed by atoms with E-state index in [2.05, 4.69) is 102 Å². The summed E-state index contributed by atoms with van der Waals surface area (Å²) in [6.45, 7) is 0.868. The molecular formula is C24H18N+. The molecule has 0 fully saturated rings. The van der Waals surface area contributed by atoms with Crippen LogP contribution in [0.1, 0.15) is 5.56 Å². The second kappa shape index (κ2) is 5.71. The molecule has 0 aliphatic rings. The Kier molecular flexibility index (Phi) is 3.24. The Morgan fingerprint density at radius 1 is 0.520 bits per heavy atom. The minimum atomic E-state index is 0.868. The van der Waals surface area contributed by atoms with Gasteiger partial charge in [0.05, 0.1) is 5.39 Å². The monoisotopic (exact) mass is 320 g/mol. The highest BCUT2D eigenvalue weighted by molar-refractivity contribution is 6.03. The topological polar surface area (TPSA) is 3.88 Å². The van der Waals surface area contributed by atoms with Gasteiger partial charge in [0.25, 0.3) is 0 Å². The first kappa shape index (κ1) is 14.2. The largest absolute Gasteiger partial charge is 0.213 e. The molecule has 0 bridgehead atoms. The zero-order valence-corrected chi connectivity index (χ0v) is 13.9. The summed E-state index contributed by atoms with van der Waals surface area (Å²) >= 11 is 0. The minimum Gasteiger partial charge on any atom is -0.193 e. The Labute approximate surface area is 146 Å². The molecule has 118 valence electrons. The van der Waals surface area contributed by atoms with Crippen LogP contribution in [0.5, 0.6) is 0 Å². The number of hydrogen-bond donors (Lipinski definition) is 0. The molecule has 0 aliphatic carbocycles. The van der Waals surface area contributed by atoms with Crippen LogP contribution in [-0.2, 0) is 6.54 Å². The van der Waals surface area contributed by atoms with Crippen molar-refractivity contribution in [1.82, 2.24) is 0 Å². The lowest BCUT2D eigenvalue weighted by atomic mass is 10.0. The van der Waals surface area contributed by atoms with Crippen molar-refractivity contribution < 1.29 is 4.57 Å². The van der Waals surface area contributed by atoms with E-state index < -0.39 is 0 Å². The van der Waals surface area contributed by atoms with Gasteiger partial charge in [0.1, 0.15) is 0 Å². The maximum atomic E-state index is 2.37. The van der Waals surface area contributed by atoms with Crippen LogP contribution in [0.15, 0.2) is 97.2 Å². The van der Waals surface area contributed by atoms with E-state index >= 15 is 0 Å². The molecule has 0 N–H and O–H groups in total. The number of para-hydroxylation sites is 1. The summed E-state index contributed by atoms with van der Waals surface area (Å²) in [4.78, 5) is 0. The second-order valence-electron chi connectivity index (χ2n) is 6.50. The molecule has 5 rings (SSSR count). The van der Waals surface area contributed by atoms with Gasteiger partial charge < -0.3 is 0 Å². The van der Waals surface area contributed by atoms with Gasteiger partial charge in [-0.15, -0.1) is 0 Å². The maximum Gasteiger partial charge on any atom is 0.213 e. The summed E-state index contributed by atoms with van der Waals surface area (Å²) in [5.41, 5.74) is 2.62. The first-order valence-electron chi connectivity index (χ1n) is 8.67. The first-order chi connectivity index (χ1) is 12.4. The number of fused-ring (bicyclic) bond motifs is 4. The molecule has 5 aromatic rings. The predicted molar refractivity (Wildman–Crippen MR) is 105 cm³/mol. The van der Waals surface area contributed by atoms with E-state index in [4.69, 9.17) is 0 Å². The van der Waals surface area contributed by atoms with Crippen molar-refractivity contribution in [2.24, 2.45) is 0 Å². The number of benzene rings is 4. The van der Waals surface area contributed by atoms with Gasteiger partial charge in [-0.2, -0.15) is 4.57 Å². The zero-order valence-electron chi connectivity index (χ0n) is 13.9. The smallest absolute Gasteiger partial charge is 0.193 e. The number of rotatable bonds is 2. The fourth-order valence-electron chi connectivity index (χ4n) is 3.79. The van der Waals surface area contributed by atoms with Crippen molar-refractivity contribution in [2.45, 2.75) is 6.54 Å². The molecule has 1 heteroatoms. The Hall–Kier alpha value is -3.19. The van der Waals surface area contributed by atoms with Crippen molar-refractivity contribution in [1.29, 1.82) is 0 Å². The van der Waals surface area contributed by atoms with E-state index in [-0.39, 0.29) is 0 Å². The standard InChI is InChI=1S/C24H18N/c1-3-12-21-18(8-1)10-7-11-19(21)16-25-17-20-9-2-4-13-22(20)23-14-5-6-15-24(23)25/h1-15,17H,16H2/q+1. The SMILES string of the molecule is c1ccc2c(C[n+]3cc4ccccc4c4ccccc43)cccc2c1. The van der Waals surface area contributed by atoms with Crippen LogP contribution >= 0.6 is 0 Å². The summed E-state index contributed by atoms with van der Waals surface area (Å²) in [7, 11) is 0. The van der Waals surface area contributed by atoms with Gasteiger partial charge in [0, 0.05) is 22.4 Å². The van der Waals surface area contributed by atoms with Crippen molar-refractivity contribution in [2.75, 3.05) is 0 Å². The first-order valence-corrected chi connectivity index (χ1v) is 8.67. The molecule has 0 unspecified atom stereocenters. The van der Waals surface area contributed by atoms with E-state index in [1.54, 1.807) is 0 Å². The third-order valence-electron chi connectivity index (χ3n) is 4.98. The molecule has 0 amide bonds. The molecule has 1 aromatic heterocycles. The molecule has 25 heavy (non-hydrogen) atoms. The van der Waals surface area contributed by atoms with E-state index in [1.807, 2.05) is 0 Å². The highest BCUT2D eigenvalue weighted by atomic mass is 14.9. The molecule has 0 saturated heterocycles. The lowest BCUT2D eigenvalue weighted by Crippen LogP contribution is -2.35. The highest BCUT2D eigenvalue weighted by Gasteiger charge is 2.14. The summed E-state index contributed by atoms with van der Waals surface area (Å²) in [5, 5.41) is 6.52. The van der Waals surface area contributed by atoms with E-state index in [0.29, 0.717) is 0 Å². The van der Waals surface area contributed by atoms with Crippen molar-refractivity contribution in [3.05, 3.63) is 103 Å². The normalized spacial score (nSPS) is 11.4. The third-order valence-corrected chi connectivity index (χ3v) is 4.98. The molecule has 4 aromatic carbocycles. The van der Waals surface area contributed by atoms with E-state index in [1.165, 1.54) is 38.0 Å². The van der Waals surface area contributed by atoms with Crippen LogP contribution in [0, 0.1) is 0 Å². The molecule has 0 aliphatic heterocycles. The molecule has 0 radical (unpaired) electrons. The zero-order chi connectivity index (χ0) is 16.6. The quantitative estimate of drug-likeness (QED) is 0.299. The van der Waals surface area contributed by atoms with E-state index in [9.17, 15) is 0 Å². The molecule has 0 atom stereocenters. The highest BCUT2D eigenvalue weighted by Crippen LogP contribution is 2.23. The summed E-state index contributed by atoms with van der Waals surface area (Å²) in [6, 6.07) is 32.5. The fraction of sp³-hybridized carbons (Fsp3) is 0.0417. The molecule has 1 nitrogen and oxygen atoms in total. The minimum absolute atomic E-state index is 0.868. The van der Waals surface area contributed by atoms with Gasteiger partial charge in [-0.05, 0) is 22.9 Å². The summed E-state index contributed by atoms with van der Waals surface area (Å²) < 4.78 is 2.37. The Morgan fingerprint density at radius 2 is 1.16 bits per heavy atom. The fourth-order valence-corrected chi connectivity index (χ4v) is 3.79. The third kappa shape index (κ3) is 2.36. The van der Waals surface area contributed by atoms with Crippen molar-refractivity contribution in [3.8, 4) is 0 Å². The number of pyridine rings is 1. The summed E-state index contributed by atoms with van der Waals surface area (Å²) in [6.07, 6.45) is 2.28. The van der Waals surface area contributed by atoms with Gasteiger partial charge in [-0.3, -0.25) is 0 Å². The second-order valence-corrected chi connectivity index (χ2v) is 6.50. The predicted octanol–water partition coefficient (Wildman–Crippen LogP) is 5.48. The van der Waals surface area contributed by atoms with Crippen LogP contribution in [0.4, 0.5) is 0 Å². The van der Waals surface area contributed by atoms with Gasteiger partial charge in [0.15, 0.2) is 12.7 Å². The Bertz CT molecular complexity index is 1220. The summed E-state index contributed by atoms with van der Waals surface area (Å²) in [5.74, 6) is 0. The molecule has 1 heterocycles. The Balaban J connectivity index is 1.77. The average molecular weight is 320 g/mol. The maximum absolute atomic E-state index is 2.37. The lowest BCUT2D eigenvalue weighted by Gasteiger charge is -2.08. The van der Waals surface area contributed by atoms with Crippen LogP contribution < -0.4 is 4.57 Å². The Morgan fingerprint density at radius 3 is 2.04 bits per heavy atom. The average Bonchev–Trinajstić information content (AvgIpc) is 2.68. The van der Waals surface area contributed by atoms with Gasteiger partial charge in [0.2, 0.25) is 5.52 Å². The van der Waals surface area contributed by atoms with Crippen LogP contribution in [0.25, 0.3) is 32.4 Å². The van der Waals surface area contributed by atoms with Crippen molar-refractivity contribution >= 4 is 32.4 Å². The number of hydrogen-bond acceptors (Lipinski definition) is 0. The van der Waals surface area contributed by atoms with Crippen LogP contribution in [0.3, 0.4) is 0 Å². The number of nitrogens with zero attached hydrogens (tertiary/aromatic N) is 1. The van der Waals surface area contributed by atoms with Crippen LogP contribution in [0.2, 0.25) is 0 Å². The molecule has 0 saturated carbocycles. The van der Waals surface area contributed by atoms with Gasteiger partial charge >= 0.3 is 0 Å². The molecule has 0 spiro atoms. The van der Waals surface area contributed by atoms with Crippen molar-refractivity contribution in [3.63, 3.8) is 0 Å². The van der Waals surface area contributed by atoms with Gasteiger partial charge in [-0.25, -0.2) is 0 Å². The molecular weight excluding hydrogens is 302 g/mol.